The van der Waals surface area contributed by atoms with Gasteiger partial charge >= 0.3 is 0 Å². The quantitative estimate of drug-likeness (QED) is 0.386. The SMILES string of the molecule is COc1ccc(-c2c(C#N)c(SC)nc3nc(NCc4cccnc4)nn23)cc1. The predicted molar refractivity (Wildman–Crippen MR) is 111 cm³/mol. The van der Waals surface area contributed by atoms with Crippen molar-refractivity contribution in [1.82, 2.24) is 24.6 Å². The Hall–Kier alpha value is -3.64. The minimum atomic E-state index is 0.424. The van der Waals surface area contributed by atoms with E-state index in [0.717, 1.165) is 16.9 Å². The molecular formula is C20H17N7OS. The number of nitrogens with zero attached hydrogens (tertiary/aromatic N) is 6. The predicted octanol–water partition coefficient (Wildman–Crippen LogP) is 3.40. The summed E-state index contributed by atoms with van der Waals surface area (Å²) < 4.78 is 6.84. The van der Waals surface area contributed by atoms with Crippen LogP contribution < -0.4 is 10.1 Å². The molecule has 29 heavy (non-hydrogen) atoms. The largest absolute Gasteiger partial charge is 0.497 e. The average molecular weight is 403 g/mol. The monoisotopic (exact) mass is 403 g/mol. The van der Waals surface area contributed by atoms with E-state index in [9.17, 15) is 5.26 Å². The second-order valence-corrected chi connectivity index (χ2v) is 6.84. The fraction of sp³-hybridized carbons (Fsp3) is 0.150. The van der Waals surface area contributed by atoms with Gasteiger partial charge in [-0.15, -0.1) is 16.9 Å². The molecule has 9 heteroatoms. The van der Waals surface area contributed by atoms with Gasteiger partial charge in [-0.2, -0.15) is 14.8 Å². The van der Waals surface area contributed by atoms with E-state index in [0.29, 0.717) is 34.6 Å². The first-order chi connectivity index (χ1) is 14.2. The maximum atomic E-state index is 9.80. The first kappa shape index (κ1) is 18.7. The summed E-state index contributed by atoms with van der Waals surface area (Å²) in [7, 11) is 1.61. The van der Waals surface area contributed by atoms with E-state index in [1.165, 1.54) is 11.8 Å². The highest BCUT2D eigenvalue weighted by molar-refractivity contribution is 7.98. The molecule has 8 nitrogen and oxygen atoms in total. The number of pyridine rings is 1. The number of hydrogen-bond acceptors (Lipinski definition) is 8. The summed E-state index contributed by atoms with van der Waals surface area (Å²) in [6, 6.07) is 13.6. The van der Waals surface area contributed by atoms with Gasteiger partial charge in [0.05, 0.1) is 12.8 Å². The van der Waals surface area contributed by atoms with Crippen LogP contribution in [-0.2, 0) is 6.54 Å². The number of ether oxygens (including phenoxy) is 1. The maximum absolute atomic E-state index is 9.80. The molecule has 0 radical (unpaired) electrons. The van der Waals surface area contributed by atoms with Gasteiger partial charge in [0.25, 0.3) is 5.78 Å². The van der Waals surface area contributed by atoms with Gasteiger partial charge in [0.15, 0.2) is 0 Å². The summed E-state index contributed by atoms with van der Waals surface area (Å²) >= 11 is 1.40. The van der Waals surface area contributed by atoms with Crippen molar-refractivity contribution in [2.75, 3.05) is 18.7 Å². The number of anilines is 1. The van der Waals surface area contributed by atoms with Gasteiger partial charge in [-0.05, 0) is 42.2 Å². The molecule has 0 bridgehead atoms. The summed E-state index contributed by atoms with van der Waals surface area (Å²) in [5, 5.41) is 18.1. The van der Waals surface area contributed by atoms with Crippen molar-refractivity contribution in [3.05, 3.63) is 59.9 Å². The standard InChI is InChI=1S/C20H17N7OS/c1-28-15-7-5-14(6-8-15)17-16(10-21)18(29-2)24-20-25-19(26-27(17)20)23-12-13-4-3-9-22-11-13/h3-9,11H,12H2,1-2H3,(H,23,26). The lowest BCUT2D eigenvalue weighted by Gasteiger charge is -2.10. The summed E-state index contributed by atoms with van der Waals surface area (Å²) in [6.07, 6.45) is 5.39. The van der Waals surface area contributed by atoms with E-state index in [-0.39, 0.29) is 0 Å². The van der Waals surface area contributed by atoms with Gasteiger partial charge in [-0.25, -0.2) is 4.98 Å². The van der Waals surface area contributed by atoms with Gasteiger partial charge in [0, 0.05) is 24.5 Å². The Bertz CT molecular complexity index is 1180. The van der Waals surface area contributed by atoms with E-state index >= 15 is 0 Å². The zero-order chi connectivity index (χ0) is 20.2. The van der Waals surface area contributed by atoms with Gasteiger partial charge in [0.1, 0.15) is 22.4 Å². The van der Waals surface area contributed by atoms with Gasteiger partial charge in [0.2, 0.25) is 5.95 Å². The lowest BCUT2D eigenvalue weighted by Crippen LogP contribution is -2.04. The van der Waals surface area contributed by atoms with Crippen LogP contribution in [0.2, 0.25) is 0 Å². The number of hydrogen-bond donors (Lipinski definition) is 1. The minimum absolute atomic E-state index is 0.424. The molecule has 4 rings (SSSR count). The maximum Gasteiger partial charge on any atom is 0.255 e. The Morgan fingerprint density at radius 2 is 2.03 bits per heavy atom. The minimum Gasteiger partial charge on any atom is -0.497 e. The highest BCUT2D eigenvalue weighted by Crippen LogP contribution is 2.31. The molecule has 0 spiro atoms. The van der Waals surface area contributed by atoms with Crippen molar-refractivity contribution in [2.45, 2.75) is 11.6 Å². The van der Waals surface area contributed by atoms with E-state index < -0.39 is 0 Å². The summed E-state index contributed by atoms with van der Waals surface area (Å²) in [5.74, 6) is 1.59. The third kappa shape index (κ3) is 3.70. The lowest BCUT2D eigenvalue weighted by molar-refractivity contribution is 0.415. The molecule has 0 saturated heterocycles. The average Bonchev–Trinajstić information content (AvgIpc) is 3.19. The summed E-state index contributed by atoms with van der Waals surface area (Å²) in [6.45, 7) is 0.531. The molecule has 1 N–H and O–H groups in total. The van der Waals surface area contributed by atoms with Gasteiger partial charge in [-0.1, -0.05) is 6.07 Å². The van der Waals surface area contributed by atoms with Crippen LogP contribution in [0.15, 0.2) is 53.8 Å². The van der Waals surface area contributed by atoms with Crippen molar-refractivity contribution < 1.29 is 4.74 Å². The number of rotatable bonds is 6. The summed E-state index contributed by atoms with van der Waals surface area (Å²) in [5.41, 5.74) is 2.94. The molecule has 0 aliphatic rings. The first-order valence-corrected chi connectivity index (χ1v) is 9.98. The zero-order valence-electron chi connectivity index (χ0n) is 15.8. The second kappa shape index (κ2) is 8.16. The van der Waals surface area contributed by atoms with Crippen LogP contribution in [0.25, 0.3) is 17.0 Å². The van der Waals surface area contributed by atoms with Crippen LogP contribution in [0.1, 0.15) is 11.1 Å². The summed E-state index contributed by atoms with van der Waals surface area (Å²) in [4.78, 5) is 13.1. The van der Waals surface area contributed by atoms with E-state index in [4.69, 9.17) is 4.74 Å². The Balaban J connectivity index is 1.80. The van der Waals surface area contributed by atoms with Crippen molar-refractivity contribution >= 4 is 23.5 Å². The van der Waals surface area contributed by atoms with Crippen molar-refractivity contribution in [3.63, 3.8) is 0 Å². The molecule has 3 heterocycles. The molecule has 0 fully saturated rings. The molecule has 3 aromatic heterocycles. The van der Waals surface area contributed by atoms with Crippen LogP contribution in [0, 0.1) is 11.3 Å². The Morgan fingerprint density at radius 1 is 1.21 bits per heavy atom. The molecule has 1 aromatic carbocycles. The molecule has 0 unspecified atom stereocenters. The number of thioether (sulfide) groups is 1. The van der Waals surface area contributed by atoms with Gasteiger partial charge in [-0.3, -0.25) is 4.98 Å². The number of nitriles is 1. The third-order valence-electron chi connectivity index (χ3n) is 4.30. The molecule has 0 aliphatic carbocycles. The third-order valence-corrected chi connectivity index (χ3v) is 4.98. The van der Waals surface area contributed by atoms with Crippen LogP contribution in [-0.4, -0.2) is 37.9 Å². The van der Waals surface area contributed by atoms with Crippen LogP contribution in [0.3, 0.4) is 0 Å². The molecule has 0 saturated carbocycles. The van der Waals surface area contributed by atoms with Crippen LogP contribution in [0.4, 0.5) is 5.95 Å². The molecule has 0 atom stereocenters. The number of methoxy groups -OCH3 is 1. The second-order valence-electron chi connectivity index (χ2n) is 6.05. The molecule has 4 aromatic rings. The molecule has 0 amide bonds. The number of nitrogens with one attached hydrogen (secondary N) is 1. The van der Waals surface area contributed by atoms with Gasteiger partial charge < -0.3 is 10.1 Å². The highest BCUT2D eigenvalue weighted by atomic mass is 32.2. The smallest absolute Gasteiger partial charge is 0.255 e. The first-order valence-electron chi connectivity index (χ1n) is 8.75. The van der Waals surface area contributed by atoms with Crippen LogP contribution >= 0.6 is 11.8 Å². The van der Waals surface area contributed by atoms with Crippen molar-refractivity contribution in [1.29, 1.82) is 5.26 Å². The van der Waals surface area contributed by atoms with Crippen molar-refractivity contribution in [3.8, 4) is 23.1 Å². The highest BCUT2D eigenvalue weighted by Gasteiger charge is 2.19. The van der Waals surface area contributed by atoms with Crippen LogP contribution in [0.5, 0.6) is 5.75 Å². The fourth-order valence-corrected chi connectivity index (χ4v) is 3.42. The van der Waals surface area contributed by atoms with E-state index in [2.05, 4.69) is 31.4 Å². The molecule has 0 aliphatic heterocycles. The normalized spacial score (nSPS) is 10.7. The zero-order valence-corrected chi connectivity index (χ0v) is 16.6. The topological polar surface area (TPSA) is 101 Å². The Labute approximate surface area is 171 Å². The number of fused-ring (bicyclic) bond motifs is 1. The Morgan fingerprint density at radius 3 is 2.69 bits per heavy atom. The number of benzene rings is 1. The molecule has 144 valence electrons. The Kier molecular flexibility index (Phi) is 5.27. The molecular weight excluding hydrogens is 386 g/mol. The van der Waals surface area contributed by atoms with E-state index in [1.54, 1.807) is 24.0 Å². The fourth-order valence-electron chi connectivity index (χ4n) is 2.90. The van der Waals surface area contributed by atoms with Crippen molar-refractivity contribution in [2.24, 2.45) is 0 Å². The van der Waals surface area contributed by atoms with E-state index in [1.807, 2.05) is 42.7 Å². The lowest BCUT2D eigenvalue weighted by atomic mass is 10.1. The number of aromatic nitrogens is 5.